The monoisotopic (exact) mass is 551 g/mol. The summed E-state index contributed by atoms with van der Waals surface area (Å²) in [7, 11) is 0. The minimum absolute atomic E-state index is 0.00656. The minimum atomic E-state index is -1.63. The number of amides is 2. The Morgan fingerprint density at radius 3 is 2.35 bits per heavy atom. The number of aromatic nitrogens is 2. The molecule has 1 aliphatic heterocycles. The summed E-state index contributed by atoms with van der Waals surface area (Å²) in [5, 5.41) is 28.6. The topological polar surface area (TPSA) is 154 Å². The SMILES string of the molecule is N#CC(C(=O)Nc1ccccc1)C(=O)c1nn(-c2ccccc2)c2c1CSc1ccc(NC(=O)CC(=O)O)cc1-2. The number of nitriles is 1. The first kappa shape index (κ1) is 26.4. The van der Waals surface area contributed by atoms with E-state index in [9.17, 15) is 24.4 Å². The van der Waals surface area contributed by atoms with E-state index in [0.717, 1.165) is 4.90 Å². The highest BCUT2D eigenvalue weighted by atomic mass is 32.2. The van der Waals surface area contributed by atoms with Gasteiger partial charge in [0.1, 0.15) is 12.1 Å². The average molecular weight is 552 g/mol. The number of carbonyl (C=O) groups is 4. The third-order valence-corrected chi connectivity index (χ3v) is 7.21. The van der Waals surface area contributed by atoms with E-state index in [1.165, 1.54) is 11.8 Å². The lowest BCUT2D eigenvalue weighted by atomic mass is 9.97. The number of para-hydroxylation sites is 2. The molecular weight excluding hydrogens is 530 g/mol. The van der Waals surface area contributed by atoms with Crippen molar-refractivity contribution in [3.63, 3.8) is 0 Å². The van der Waals surface area contributed by atoms with Gasteiger partial charge < -0.3 is 15.7 Å². The predicted molar refractivity (Wildman–Crippen MR) is 148 cm³/mol. The number of thioether (sulfide) groups is 1. The number of carboxylic acid groups (broad SMARTS) is 1. The van der Waals surface area contributed by atoms with Crippen LogP contribution in [0.2, 0.25) is 0 Å². The number of anilines is 2. The highest BCUT2D eigenvalue weighted by Crippen LogP contribution is 2.45. The van der Waals surface area contributed by atoms with Gasteiger partial charge in [-0.25, -0.2) is 4.68 Å². The summed E-state index contributed by atoms with van der Waals surface area (Å²) in [5.74, 6) is -4.67. The van der Waals surface area contributed by atoms with Gasteiger partial charge >= 0.3 is 5.97 Å². The number of hydrogen-bond acceptors (Lipinski definition) is 7. The average Bonchev–Trinajstić information content (AvgIpc) is 3.34. The molecule has 1 aromatic heterocycles. The van der Waals surface area contributed by atoms with E-state index in [0.29, 0.717) is 39.6 Å². The molecule has 3 N–H and O–H groups in total. The fourth-order valence-corrected chi connectivity index (χ4v) is 5.39. The van der Waals surface area contributed by atoms with Gasteiger partial charge in [0.05, 0.1) is 17.5 Å². The lowest BCUT2D eigenvalue weighted by molar-refractivity contribution is -0.139. The van der Waals surface area contributed by atoms with Gasteiger partial charge in [-0.15, -0.1) is 11.8 Å². The Kier molecular flexibility index (Phi) is 7.43. The summed E-state index contributed by atoms with van der Waals surface area (Å²) in [6.45, 7) is 0. The molecule has 11 heteroatoms. The van der Waals surface area contributed by atoms with Crippen LogP contribution in [-0.4, -0.2) is 38.5 Å². The lowest BCUT2D eigenvalue weighted by Gasteiger charge is -2.20. The summed E-state index contributed by atoms with van der Waals surface area (Å²) >= 11 is 1.44. The van der Waals surface area contributed by atoms with Crippen LogP contribution < -0.4 is 10.6 Å². The number of rotatable bonds is 8. The summed E-state index contributed by atoms with van der Waals surface area (Å²) in [6, 6.07) is 24.6. The molecule has 0 saturated heterocycles. The Morgan fingerprint density at radius 1 is 0.975 bits per heavy atom. The second-order valence-electron chi connectivity index (χ2n) is 8.82. The second-order valence-corrected chi connectivity index (χ2v) is 9.84. The Labute approximate surface area is 232 Å². The summed E-state index contributed by atoms with van der Waals surface area (Å²) in [5.41, 5.74) is 3.29. The maximum atomic E-state index is 13.7. The van der Waals surface area contributed by atoms with Gasteiger partial charge in [-0.05, 0) is 42.5 Å². The number of ketones is 1. The Hall–Kier alpha value is -5.21. The molecule has 0 saturated carbocycles. The molecule has 2 amide bonds. The van der Waals surface area contributed by atoms with Gasteiger partial charge in [0, 0.05) is 33.2 Å². The molecule has 0 spiro atoms. The van der Waals surface area contributed by atoms with Crippen molar-refractivity contribution in [1.82, 2.24) is 9.78 Å². The standard InChI is InChI=1S/C29H21N5O5S/c30-15-21(29(39)32-17-7-3-1-4-8-17)28(38)26-22-16-40-23-12-11-18(31-24(35)14-25(36)37)13-20(23)27(22)34(33-26)19-9-5-2-6-10-19/h1-13,21H,14,16H2,(H,31,35)(H,32,39)(H,36,37). The fraction of sp³-hybridized carbons (Fsp3) is 0.103. The van der Waals surface area contributed by atoms with Gasteiger partial charge in [-0.2, -0.15) is 10.4 Å². The first-order valence-corrected chi connectivity index (χ1v) is 13.1. The molecule has 0 fully saturated rings. The molecule has 5 rings (SSSR count). The number of hydrogen-bond donors (Lipinski definition) is 3. The van der Waals surface area contributed by atoms with Crippen molar-refractivity contribution in [2.75, 3.05) is 10.6 Å². The molecule has 1 aliphatic rings. The number of Topliss-reactive ketones (excluding diaryl/α,β-unsaturated/α-hetero) is 1. The molecule has 3 aromatic carbocycles. The molecule has 0 radical (unpaired) electrons. The maximum absolute atomic E-state index is 13.7. The number of nitrogens with zero attached hydrogens (tertiary/aromatic N) is 3. The van der Waals surface area contributed by atoms with Crippen molar-refractivity contribution in [2.24, 2.45) is 5.92 Å². The first-order chi connectivity index (χ1) is 19.4. The van der Waals surface area contributed by atoms with E-state index >= 15 is 0 Å². The van der Waals surface area contributed by atoms with Crippen LogP contribution >= 0.6 is 11.8 Å². The maximum Gasteiger partial charge on any atom is 0.312 e. The zero-order valence-corrected chi connectivity index (χ0v) is 21.6. The van der Waals surface area contributed by atoms with E-state index < -0.39 is 35.9 Å². The highest BCUT2D eigenvalue weighted by Gasteiger charge is 2.35. The number of carbonyl (C=O) groups excluding carboxylic acids is 3. The Morgan fingerprint density at radius 2 is 1.68 bits per heavy atom. The molecular formula is C29H21N5O5S. The summed E-state index contributed by atoms with van der Waals surface area (Å²) in [6.07, 6.45) is -0.682. The van der Waals surface area contributed by atoms with Crippen molar-refractivity contribution in [1.29, 1.82) is 5.26 Å². The molecule has 4 aromatic rings. The number of carboxylic acids is 1. The first-order valence-electron chi connectivity index (χ1n) is 12.1. The van der Waals surface area contributed by atoms with Crippen LogP contribution in [0.4, 0.5) is 11.4 Å². The molecule has 1 unspecified atom stereocenters. The van der Waals surface area contributed by atoms with E-state index in [-0.39, 0.29) is 5.69 Å². The summed E-state index contributed by atoms with van der Waals surface area (Å²) < 4.78 is 1.59. The molecule has 10 nitrogen and oxygen atoms in total. The molecule has 1 atom stereocenters. The van der Waals surface area contributed by atoms with Crippen LogP contribution in [0, 0.1) is 17.2 Å². The van der Waals surface area contributed by atoms with Crippen LogP contribution in [0.1, 0.15) is 22.5 Å². The van der Waals surface area contributed by atoms with E-state index in [2.05, 4.69) is 15.7 Å². The van der Waals surface area contributed by atoms with Crippen LogP contribution in [0.25, 0.3) is 16.9 Å². The largest absolute Gasteiger partial charge is 0.481 e. The molecule has 2 heterocycles. The lowest BCUT2D eigenvalue weighted by Crippen LogP contribution is -2.29. The second kappa shape index (κ2) is 11.3. The zero-order valence-electron chi connectivity index (χ0n) is 20.8. The van der Waals surface area contributed by atoms with E-state index in [1.54, 1.807) is 53.2 Å². The number of aliphatic carboxylic acids is 1. The van der Waals surface area contributed by atoms with Crippen molar-refractivity contribution in [2.45, 2.75) is 17.1 Å². The summed E-state index contributed by atoms with van der Waals surface area (Å²) in [4.78, 5) is 50.5. The van der Waals surface area contributed by atoms with Crippen molar-refractivity contribution < 1.29 is 24.3 Å². The number of nitrogens with one attached hydrogen (secondary N) is 2. The van der Waals surface area contributed by atoms with Crippen LogP contribution in [0.15, 0.2) is 83.8 Å². The van der Waals surface area contributed by atoms with Crippen molar-refractivity contribution in [3.8, 4) is 23.0 Å². The van der Waals surface area contributed by atoms with Crippen molar-refractivity contribution in [3.05, 3.63) is 90.1 Å². The van der Waals surface area contributed by atoms with Gasteiger partial charge in [0.2, 0.25) is 17.6 Å². The third kappa shape index (κ3) is 5.34. The van der Waals surface area contributed by atoms with Gasteiger partial charge in [0.15, 0.2) is 5.92 Å². The van der Waals surface area contributed by atoms with Crippen LogP contribution in [-0.2, 0) is 20.1 Å². The highest BCUT2D eigenvalue weighted by molar-refractivity contribution is 7.98. The number of benzene rings is 3. The van der Waals surface area contributed by atoms with Gasteiger partial charge in [-0.1, -0.05) is 36.4 Å². The van der Waals surface area contributed by atoms with E-state index in [4.69, 9.17) is 5.11 Å². The number of fused-ring (bicyclic) bond motifs is 3. The molecule has 40 heavy (non-hydrogen) atoms. The fourth-order valence-electron chi connectivity index (χ4n) is 4.34. The van der Waals surface area contributed by atoms with Gasteiger partial charge in [0.25, 0.3) is 0 Å². The van der Waals surface area contributed by atoms with Crippen LogP contribution in [0.5, 0.6) is 0 Å². The minimum Gasteiger partial charge on any atom is -0.481 e. The van der Waals surface area contributed by atoms with Crippen molar-refractivity contribution >= 4 is 46.7 Å². The molecule has 198 valence electrons. The third-order valence-electron chi connectivity index (χ3n) is 6.11. The smallest absolute Gasteiger partial charge is 0.312 e. The quantitative estimate of drug-likeness (QED) is 0.213. The van der Waals surface area contributed by atoms with E-state index in [1.807, 2.05) is 36.4 Å². The molecule has 0 bridgehead atoms. The van der Waals surface area contributed by atoms with Gasteiger partial charge in [-0.3, -0.25) is 19.2 Å². The predicted octanol–water partition coefficient (Wildman–Crippen LogP) is 4.52. The van der Waals surface area contributed by atoms with Crippen LogP contribution in [0.3, 0.4) is 0 Å². The molecule has 0 aliphatic carbocycles. The normalized spacial score (nSPS) is 12.3. The Bertz CT molecular complexity index is 1680. The Balaban J connectivity index is 1.57. The zero-order chi connectivity index (χ0) is 28.2.